The topological polar surface area (TPSA) is 53.7 Å². The number of nitrogens with zero attached hydrogens (tertiary/aromatic N) is 1. The summed E-state index contributed by atoms with van der Waals surface area (Å²) in [5, 5.41) is 5.76. The zero-order valence-electron chi connectivity index (χ0n) is 10.6. The number of hydrogen-bond acceptors (Lipinski definition) is 3. The van der Waals surface area contributed by atoms with Crippen molar-refractivity contribution < 1.29 is 4.74 Å². The average Bonchev–Trinajstić information content (AvgIpc) is 2.75. The van der Waals surface area contributed by atoms with Crippen LogP contribution in [0.2, 0.25) is 0 Å². The van der Waals surface area contributed by atoms with E-state index < -0.39 is 0 Å². The fourth-order valence-corrected chi connectivity index (χ4v) is 2.14. The molecule has 1 heterocycles. The summed E-state index contributed by atoms with van der Waals surface area (Å²) >= 11 is 4.91. The molecule has 2 rings (SSSR count). The number of aromatic nitrogens is 3. The molecule has 2 N–H and O–H groups in total. The smallest absolute Gasteiger partial charge is 0.213 e. The summed E-state index contributed by atoms with van der Waals surface area (Å²) in [7, 11) is 1.70. The van der Waals surface area contributed by atoms with Crippen molar-refractivity contribution in [3.8, 4) is 5.75 Å². The van der Waals surface area contributed by atoms with Gasteiger partial charge in [-0.15, -0.1) is 0 Å². The Morgan fingerprint density at radius 2 is 2.11 bits per heavy atom. The van der Waals surface area contributed by atoms with Crippen molar-refractivity contribution in [2.75, 3.05) is 7.11 Å². The normalized spacial score (nSPS) is 10.6. The van der Waals surface area contributed by atoms with Crippen LogP contribution in [0.1, 0.15) is 23.4 Å². The summed E-state index contributed by atoms with van der Waals surface area (Å²) < 4.78 is 5.76. The van der Waals surface area contributed by atoms with Crippen molar-refractivity contribution in [3.63, 3.8) is 0 Å². The van der Waals surface area contributed by atoms with Gasteiger partial charge in [-0.05, 0) is 49.2 Å². The number of aryl methyl sites for hydroxylation is 3. The summed E-state index contributed by atoms with van der Waals surface area (Å²) in [5.41, 5.74) is 2.50. The highest BCUT2D eigenvalue weighted by molar-refractivity contribution is 7.71. The molecule has 0 spiro atoms. The van der Waals surface area contributed by atoms with Gasteiger partial charge in [-0.2, -0.15) is 0 Å². The van der Waals surface area contributed by atoms with E-state index in [1.165, 1.54) is 11.1 Å². The third-order valence-electron chi connectivity index (χ3n) is 2.89. The summed E-state index contributed by atoms with van der Waals surface area (Å²) in [5.74, 6) is 1.86. The molecule has 0 aliphatic heterocycles. The number of H-pyrrole nitrogens is 2. The number of nitrogens with one attached hydrogen (secondary N) is 2. The Labute approximate surface area is 111 Å². The van der Waals surface area contributed by atoms with Gasteiger partial charge in [0.1, 0.15) is 11.6 Å². The molecule has 0 aliphatic carbocycles. The number of benzene rings is 1. The van der Waals surface area contributed by atoms with Crippen LogP contribution in [-0.4, -0.2) is 22.3 Å². The van der Waals surface area contributed by atoms with Gasteiger partial charge in [0.05, 0.1) is 7.11 Å². The number of hydrogen-bond donors (Lipinski definition) is 2. The highest BCUT2D eigenvalue weighted by Gasteiger charge is 2.01. The highest BCUT2D eigenvalue weighted by atomic mass is 32.1. The minimum atomic E-state index is 0.519. The first kappa shape index (κ1) is 12.8. The van der Waals surface area contributed by atoms with Gasteiger partial charge in [0.25, 0.3) is 0 Å². The Balaban J connectivity index is 1.90. The standard InChI is InChI=1S/C13H17N3OS/c1-9-8-10(6-7-11(9)17-2)4-3-5-12-14-13(18)16-15-12/h6-8H,3-5H2,1-2H3,(H2,14,15,16,18). The first-order chi connectivity index (χ1) is 8.69. The van der Waals surface area contributed by atoms with E-state index >= 15 is 0 Å². The van der Waals surface area contributed by atoms with Gasteiger partial charge in [0.2, 0.25) is 4.77 Å². The van der Waals surface area contributed by atoms with Crippen LogP contribution >= 0.6 is 12.2 Å². The van der Waals surface area contributed by atoms with Gasteiger partial charge in [0, 0.05) is 6.42 Å². The number of aromatic amines is 2. The van der Waals surface area contributed by atoms with Gasteiger partial charge >= 0.3 is 0 Å². The van der Waals surface area contributed by atoms with Crippen LogP contribution in [0.4, 0.5) is 0 Å². The molecule has 0 atom stereocenters. The largest absolute Gasteiger partial charge is 0.496 e. The Kier molecular flexibility index (Phi) is 4.15. The molecular formula is C13H17N3OS. The Bertz CT molecular complexity index is 574. The van der Waals surface area contributed by atoms with Crippen molar-refractivity contribution in [1.82, 2.24) is 15.2 Å². The molecule has 96 valence electrons. The van der Waals surface area contributed by atoms with E-state index in [1.54, 1.807) is 7.11 Å². The van der Waals surface area contributed by atoms with Crippen LogP contribution in [0.3, 0.4) is 0 Å². The molecule has 0 aliphatic rings. The fraction of sp³-hybridized carbons (Fsp3) is 0.385. The predicted octanol–water partition coefficient (Wildman–Crippen LogP) is 2.96. The summed E-state index contributed by atoms with van der Waals surface area (Å²) in [6, 6.07) is 6.30. The summed E-state index contributed by atoms with van der Waals surface area (Å²) in [4.78, 5) is 4.17. The van der Waals surface area contributed by atoms with Gasteiger partial charge < -0.3 is 4.74 Å². The lowest BCUT2D eigenvalue weighted by Crippen LogP contribution is -1.94. The Morgan fingerprint density at radius 1 is 1.28 bits per heavy atom. The van der Waals surface area contributed by atoms with Crippen molar-refractivity contribution in [1.29, 1.82) is 0 Å². The molecule has 5 heteroatoms. The molecular weight excluding hydrogens is 246 g/mol. The quantitative estimate of drug-likeness (QED) is 0.815. The van der Waals surface area contributed by atoms with E-state index in [0.29, 0.717) is 4.77 Å². The summed E-state index contributed by atoms with van der Waals surface area (Å²) in [6.45, 7) is 2.06. The number of methoxy groups -OCH3 is 1. The molecule has 0 fully saturated rings. The molecule has 0 saturated carbocycles. The molecule has 0 unspecified atom stereocenters. The monoisotopic (exact) mass is 263 g/mol. The maximum atomic E-state index is 5.25. The van der Waals surface area contributed by atoms with Crippen molar-refractivity contribution in [2.45, 2.75) is 26.2 Å². The van der Waals surface area contributed by atoms with Crippen molar-refractivity contribution >= 4 is 12.2 Å². The van der Waals surface area contributed by atoms with Gasteiger partial charge in [-0.1, -0.05) is 12.1 Å². The minimum Gasteiger partial charge on any atom is -0.496 e. The molecule has 4 nitrogen and oxygen atoms in total. The molecule has 0 radical (unpaired) electrons. The van der Waals surface area contributed by atoms with Crippen LogP contribution in [0.25, 0.3) is 0 Å². The second kappa shape index (κ2) is 5.82. The zero-order valence-corrected chi connectivity index (χ0v) is 11.4. The zero-order chi connectivity index (χ0) is 13.0. The molecule has 1 aromatic carbocycles. The lowest BCUT2D eigenvalue weighted by atomic mass is 10.1. The molecule has 1 aromatic heterocycles. The van der Waals surface area contributed by atoms with Crippen molar-refractivity contribution in [3.05, 3.63) is 39.9 Å². The molecule has 0 amide bonds. The highest BCUT2D eigenvalue weighted by Crippen LogP contribution is 2.19. The van der Waals surface area contributed by atoms with E-state index in [2.05, 4.69) is 34.2 Å². The Morgan fingerprint density at radius 3 is 2.72 bits per heavy atom. The predicted molar refractivity (Wildman–Crippen MR) is 73.5 cm³/mol. The van der Waals surface area contributed by atoms with Crippen LogP contribution in [0, 0.1) is 11.7 Å². The first-order valence-corrected chi connectivity index (χ1v) is 6.37. The Hall–Kier alpha value is -1.62. The van der Waals surface area contributed by atoms with E-state index in [9.17, 15) is 0 Å². The van der Waals surface area contributed by atoms with Gasteiger partial charge in [0.15, 0.2) is 0 Å². The minimum absolute atomic E-state index is 0.519. The lowest BCUT2D eigenvalue weighted by molar-refractivity contribution is 0.411. The van der Waals surface area contributed by atoms with E-state index in [4.69, 9.17) is 17.0 Å². The number of rotatable bonds is 5. The van der Waals surface area contributed by atoms with Gasteiger partial charge in [-0.3, -0.25) is 10.2 Å². The third kappa shape index (κ3) is 3.20. The summed E-state index contributed by atoms with van der Waals surface area (Å²) in [6.07, 6.45) is 2.97. The van der Waals surface area contributed by atoms with Crippen LogP contribution < -0.4 is 4.74 Å². The van der Waals surface area contributed by atoms with E-state index in [-0.39, 0.29) is 0 Å². The molecule has 18 heavy (non-hydrogen) atoms. The molecule has 2 aromatic rings. The van der Waals surface area contributed by atoms with Gasteiger partial charge in [-0.25, -0.2) is 4.98 Å². The van der Waals surface area contributed by atoms with Crippen LogP contribution in [-0.2, 0) is 12.8 Å². The van der Waals surface area contributed by atoms with Crippen LogP contribution in [0.5, 0.6) is 5.75 Å². The van der Waals surface area contributed by atoms with Crippen LogP contribution in [0.15, 0.2) is 18.2 Å². The molecule has 0 saturated heterocycles. The first-order valence-electron chi connectivity index (χ1n) is 5.96. The van der Waals surface area contributed by atoms with E-state index in [0.717, 1.165) is 30.8 Å². The second-order valence-electron chi connectivity index (χ2n) is 4.27. The lowest BCUT2D eigenvalue weighted by Gasteiger charge is -2.06. The fourth-order valence-electron chi connectivity index (χ4n) is 1.98. The second-order valence-corrected chi connectivity index (χ2v) is 4.66. The average molecular weight is 263 g/mol. The number of ether oxygens (including phenoxy) is 1. The maximum absolute atomic E-state index is 5.25. The molecule has 0 bridgehead atoms. The third-order valence-corrected chi connectivity index (χ3v) is 3.08. The maximum Gasteiger partial charge on any atom is 0.213 e. The van der Waals surface area contributed by atoms with E-state index in [1.807, 2.05) is 6.07 Å². The van der Waals surface area contributed by atoms with Crippen molar-refractivity contribution in [2.24, 2.45) is 0 Å². The SMILES string of the molecule is COc1ccc(CCCc2nc(=S)[nH][nH]2)cc1C.